The van der Waals surface area contributed by atoms with E-state index in [2.05, 4.69) is 17.2 Å². The van der Waals surface area contributed by atoms with Gasteiger partial charge in [-0.3, -0.25) is 4.79 Å². The number of amides is 1. The normalized spacial score (nSPS) is 38.7. The second-order valence-corrected chi connectivity index (χ2v) is 5.44. The molecule has 1 heterocycles. The molecule has 114 valence electrons. The third-order valence-corrected chi connectivity index (χ3v) is 4.45. The maximum atomic E-state index is 12.1. The predicted octanol–water partition coefficient (Wildman–Crippen LogP) is 0.0567. The van der Waals surface area contributed by atoms with E-state index in [0.717, 1.165) is 0 Å². The van der Waals surface area contributed by atoms with Crippen LogP contribution in [0, 0.1) is 5.41 Å². The average Bonchev–Trinajstić information content (AvgIpc) is 2.83. The zero-order chi connectivity index (χ0) is 14.3. The summed E-state index contributed by atoms with van der Waals surface area (Å²) in [6, 6.07) is -0.522. The second kappa shape index (κ2) is 5.71. The van der Waals surface area contributed by atoms with Crippen LogP contribution in [0.3, 0.4) is 0 Å². The smallest absolute Gasteiger partial charge is 0.330 e. The van der Waals surface area contributed by atoms with Gasteiger partial charge in [0, 0.05) is 12.0 Å². The standard InChI is InChI=1S/C13H20N2O4.ClH/c1-3-12(4-2)7-13(12,11(18)19)15-10(17)9-5-8(16)6-14-9;/h3,8-9,14,16H,1,4-7H2,2H3,(H,15,17)(H,18,19);1H/t8-,9+,12+,13+;/m1./s1. The fourth-order valence-electron chi connectivity index (χ4n) is 2.97. The zero-order valence-corrected chi connectivity index (χ0v) is 12.2. The van der Waals surface area contributed by atoms with Gasteiger partial charge in [-0.25, -0.2) is 4.79 Å². The first-order valence-electron chi connectivity index (χ1n) is 6.51. The summed E-state index contributed by atoms with van der Waals surface area (Å²) in [6.45, 7) is 5.93. The summed E-state index contributed by atoms with van der Waals surface area (Å²) < 4.78 is 0. The lowest BCUT2D eigenvalue weighted by Crippen LogP contribution is -2.52. The minimum atomic E-state index is -1.24. The van der Waals surface area contributed by atoms with Crippen molar-refractivity contribution in [2.75, 3.05) is 6.54 Å². The third kappa shape index (κ3) is 2.43. The van der Waals surface area contributed by atoms with E-state index >= 15 is 0 Å². The van der Waals surface area contributed by atoms with Crippen molar-refractivity contribution in [2.45, 2.75) is 43.9 Å². The lowest BCUT2D eigenvalue weighted by Gasteiger charge is -2.22. The van der Waals surface area contributed by atoms with Gasteiger partial charge in [-0.15, -0.1) is 19.0 Å². The first-order valence-corrected chi connectivity index (χ1v) is 6.51. The van der Waals surface area contributed by atoms with Gasteiger partial charge >= 0.3 is 5.97 Å². The van der Waals surface area contributed by atoms with E-state index in [-0.39, 0.29) is 18.3 Å². The van der Waals surface area contributed by atoms with Crippen LogP contribution in [0.15, 0.2) is 12.7 Å². The minimum Gasteiger partial charge on any atom is -0.479 e. The number of nitrogens with one attached hydrogen (secondary N) is 2. The second-order valence-electron chi connectivity index (χ2n) is 5.44. The SMILES string of the molecule is C=C[C@]1(CC)C[C@]1(NC(=O)[C@@H]1C[C@@H](O)CN1)C(=O)O.Cl. The van der Waals surface area contributed by atoms with Crippen LogP contribution in [0.1, 0.15) is 26.2 Å². The Morgan fingerprint density at radius 3 is 2.55 bits per heavy atom. The van der Waals surface area contributed by atoms with Gasteiger partial charge in [0.25, 0.3) is 0 Å². The third-order valence-electron chi connectivity index (χ3n) is 4.45. The van der Waals surface area contributed by atoms with Crippen LogP contribution in [0.5, 0.6) is 0 Å². The van der Waals surface area contributed by atoms with E-state index in [1.54, 1.807) is 6.08 Å². The van der Waals surface area contributed by atoms with Crippen LogP contribution < -0.4 is 10.6 Å². The Labute approximate surface area is 124 Å². The Bertz CT molecular complexity index is 431. The number of carboxylic acids is 1. The molecule has 0 unspecified atom stereocenters. The summed E-state index contributed by atoms with van der Waals surface area (Å²) in [7, 11) is 0. The number of carbonyl (C=O) groups excluding carboxylic acids is 1. The molecule has 20 heavy (non-hydrogen) atoms. The highest BCUT2D eigenvalue weighted by molar-refractivity contribution is 5.94. The Hall–Kier alpha value is -1.11. The molecule has 0 aromatic carbocycles. The largest absolute Gasteiger partial charge is 0.479 e. The number of aliphatic hydroxyl groups is 1. The van der Waals surface area contributed by atoms with Crippen molar-refractivity contribution < 1.29 is 19.8 Å². The Morgan fingerprint density at radius 2 is 2.20 bits per heavy atom. The number of hydrogen-bond acceptors (Lipinski definition) is 4. The topological polar surface area (TPSA) is 98.7 Å². The molecule has 0 spiro atoms. The minimum absolute atomic E-state index is 0. The van der Waals surface area contributed by atoms with Crippen molar-refractivity contribution in [3.8, 4) is 0 Å². The molecule has 1 saturated heterocycles. The van der Waals surface area contributed by atoms with Gasteiger partial charge in [-0.1, -0.05) is 13.0 Å². The van der Waals surface area contributed by atoms with Crippen molar-refractivity contribution in [2.24, 2.45) is 5.41 Å². The van der Waals surface area contributed by atoms with Crippen LogP contribution >= 0.6 is 12.4 Å². The molecule has 4 N–H and O–H groups in total. The predicted molar refractivity (Wildman–Crippen MR) is 75.7 cm³/mol. The number of halogens is 1. The summed E-state index contributed by atoms with van der Waals surface area (Å²) >= 11 is 0. The van der Waals surface area contributed by atoms with Crippen LogP contribution in [0.2, 0.25) is 0 Å². The highest BCUT2D eigenvalue weighted by atomic mass is 35.5. The molecule has 2 fully saturated rings. The fraction of sp³-hybridized carbons (Fsp3) is 0.692. The van der Waals surface area contributed by atoms with Crippen molar-refractivity contribution in [3.63, 3.8) is 0 Å². The summed E-state index contributed by atoms with van der Waals surface area (Å²) in [5, 5.41) is 24.3. The summed E-state index contributed by atoms with van der Waals surface area (Å²) in [5.74, 6) is -1.39. The summed E-state index contributed by atoms with van der Waals surface area (Å²) in [5.41, 5.74) is -1.80. The highest BCUT2D eigenvalue weighted by Gasteiger charge is 2.71. The molecule has 0 radical (unpaired) electrons. The number of aliphatic hydroxyl groups excluding tert-OH is 1. The van der Waals surface area contributed by atoms with Gasteiger partial charge in [-0.2, -0.15) is 0 Å². The highest BCUT2D eigenvalue weighted by Crippen LogP contribution is 2.59. The number of aliphatic carboxylic acids is 1. The number of hydrogen-bond donors (Lipinski definition) is 4. The number of β-amino-alcohol motifs (C(OH)–C–C–N with tert-alkyl or cyclic N) is 1. The summed E-state index contributed by atoms with van der Waals surface area (Å²) in [4.78, 5) is 23.6. The molecule has 0 aromatic heterocycles. The maximum absolute atomic E-state index is 12.1. The van der Waals surface area contributed by atoms with Crippen LogP contribution in [0.4, 0.5) is 0 Å². The molecule has 7 heteroatoms. The van der Waals surface area contributed by atoms with E-state index in [0.29, 0.717) is 25.8 Å². The van der Waals surface area contributed by atoms with E-state index in [9.17, 15) is 19.8 Å². The van der Waals surface area contributed by atoms with Crippen LogP contribution in [0.25, 0.3) is 0 Å². The zero-order valence-electron chi connectivity index (χ0n) is 11.4. The molecule has 2 aliphatic rings. The molecule has 6 nitrogen and oxygen atoms in total. The van der Waals surface area contributed by atoms with Gasteiger partial charge in [0.1, 0.15) is 5.54 Å². The molecule has 4 atom stereocenters. The maximum Gasteiger partial charge on any atom is 0.330 e. The van der Waals surface area contributed by atoms with Gasteiger partial charge in [0.2, 0.25) is 5.91 Å². The van der Waals surface area contributed by atoms with Crippen LogP contribution in [-0.2, 0) is 9.59 Å². The molecule has 0 aromatic rings. The lowest BCUT2D eigenvalue weighted by molar-refractivity contribution is -0.144. The van der Waals surface area contributed by atoms with Gasteiger partial charge in [-0.05, 0) is 19.3 Å². The monoisotopic (exact) mass is 304 g/mol. The molecule has 1 aliphatic heterocycles. The van der Waals surface area contributed by atoms with Crippen molar-refractivity contribution >= 4 is 24.3 Å². The quantitative estimate of drug-likeness (QED) is 0.538. The lowest BCUT2D eigenvalue weighted by atomic mass is 9.96. The average molecular weight is 305 g/mol. The molecule has 0 bridgehead atoms. The Kier molecular flexibility index (Phi) is 4.84. The first-order chi connectivity index (χ1) is 8.90. The first kappa shape index (κ1) is 16.9. The van der Waals surface area contributed by atoms with E-state index in [1.165, 1.54) is 0 Å². The molecule has 1 aliphatic carbocycles. The van der Waals surface area contributed by atoms with Crippen molar-refractivity contribution in [1.29, 1.82) is 0 Å². The van der Waals surface area contributed by atoms with E-state index < -0.39 is 29.1 Å². The van der Waals surface area contributed by atoms with Gasteiger partial charge < -0.3 is 20.8 Å². The molecule has 2 rings (SSSR count). The van der Waals surface area contributed by atoms with Crippen molar-refractivity contribution in [1.82, 2.24) is 10.6 Å². The molecular formula is C13H21ClN2O4. The Balaban J connectivity index is 0.00000200. The molecule has 1 amide bonds. The number of rotatable bonds is 5. The van der Waals surface area contributed by atoms with Crippen molar-refractivity contribution in [3.05, 3.63) is 12.7 Å². The van der Waals surface area contributed by atoms with Crippen LogP contribution in [-0.4, -0.2) is 46.3 Å². The Morgan fingerprint density at radius 1 is 1.55 bits per heavy atom. The van der Waals surface area contributed by atoms with E-state index in [4.69, 9.17) is 0 Å². The van der Waals surface area contributed by atoms with Gasteiger partial charge in [0.15, 0.2) is 0 Å². The molecule has 1 saturated carbocycles. The number of carbonyl (C=O) groups is 2. The molecular weight excluding hydrogens is 284 g/mol. The van der Waals surface area contributed by atoms with Gasteiger partial charge in [0.05, 0.1) is 12.1 Å². The van der Waals surface area contributed by atoms with E-state index in [1.807, 2.05) is 6.92 Å². The number of carboxylic acid groups (broad SMARTS) is 1. The fourth-order valence-corrected chi connectivity index (χ4v) is 2.97. The summed E-state index contributed by atoms with van der Waals surface area (Å²) in [6.07, 6.45) is 2.37.